The molecule has 3 aromatic heterocycles. The van der Waals surface area contributed by atoms with Crippen molar-refractivity contribution in [2.24, 2.45) is 0 Å². The van der Waals surface area contributed by atoms with Crippen LogP contribution in [0.1, 0.15) is 40.9 Å². The van der Waals surface area contributed by atoms with E-state index >= 15 is 0 Å². The Morgan fingerprint density at radius 2 is 2.00 bits per heavy atom. The number of unbranched alkanes of at least 4 members (excludes halogenated alkanes) is 1. The summed E-state index contributed by atoms with van der Waals surface area (Å²) in [7, 11) is 0. The fourth-order valence-corrected chi connectivity index (χ4v) is 3.67. The van der Waals surface area contributed by atoms with Crippen molar-refractivity contribution >= 4 is 22.4 Å². The summed E-state index contributed by atoms with van der Waals surface area (Å²) in [5.41, 5.74) is 1.75. The molecule has 4 aromatic rings. The Labute approximate surface area is 172 Å². The van der Waals surface area contributed by atoms with Crippen LogP contribution >= 0.6 is 11.3 Å². The average Bonchev–Trinajstić information content (AvgIpc) is 3.46. The third-order valence-corrected chi connectivity index (χ3v) is 5.28. The van der Waals surface area contributed by atoms with E-state index in [9.17, 15) is 4.79 Å². The number of carbonyl (C=O) groups excluding carboxylic acids is 1. The highest BCUT2D eigenvalue weighted by atomic mass is 32.1. The number of aryl methyl sites for hydroxylation is 2. The molecular formula is C21H21N5O2S. The van der Waals surface area contributed by atoms with E-state index in [1.807, 2.05) is 49.4 Å². The normalized spacial score (nSPS) is 11.0. The van der Waals surface area contributed by atoms with Crippen molar-refractivity contribution in [3.8, 4) is 17.1 Å². The van der Waals surface area contributed by atoms with Crippen LogP contribution in [0.25, 0.3) is 17.1 Å². The van der Waals surface area contributed by atoms with Gasteiger partial charge in [-0.3, -0.25) is 10.1 Å². The van der Waals surface area contributed by atoms with Gasteiger partial charge in [0.15, 0.2) is 5.76 Å². The van der Waals surface area contributed by atoms with Crippen LogP contribution in [-0.4, -0.2) is 25.9 Å². The highest BCUT2D eigenvalue weighted by Gasteiger charge is 2.22. The maximum Gasteiger partial charge on any atom is 0.261 e. The second-order valence-electron chi connectivity index (χ2n) is 6.64. The van der Waals surface area contributed by atoms with Crippen molar-refractivity contribution in [1.82, 2.24) is 20.0 Å². The van der Waals surface area contributed by atoms with Crippen LogP contribution in [0.2, 0.25) is 0 Å². The molecule has 0 saturated heterocycles. The van der Waals surface area contributed by atoms with Crippen molar-refractivity contribution < 1.29 is 9.21 Å². The van der Waals surface area contributed by atoms with Crippen LogP contribution < -0.4 is 5.32 Å². The molecule has 0 fully saturated rings. The van der Waals surface area contributed by atoms with Crippen LogP contribution in [0.3, 0.4) is 0 Å². The van der Waals surface area contributed by atoms with E-state index < -0.39 is 0 Å². The van der Waals surface area contributed by atoms with Crippen LogP contribution in [0, 0.1) is 6.92 Å². The van der Waals surface area contributed by atoms with Gasteiger partial charge in [-0.1, -0.05) is 42.9 Å². The number of aromatic nitrogens is 4. The van der Waals surface area contributed by atoms with Crippen molar-refractivity contribution in [2.75, 3.05) is 5.32 Å². The molecule has 0 aliphatic heterocycles. The lowest BCUT2D eigenvalue weighted by Gasteiger charge is -2.00. The summed E-state index contributed by atoms with van der Waals surface area (Å²) < 4.78 is 7.40. The minimum Gasteiger partial charge on any atom is -0.460 e. The Hall–Kier alpha value is -3.26. The lowest BCUT2D eigenvalue weighted by molar-refractivity contribution is 0.102. The summed E-state index contributed by atoms with van der Waals surface area (Å²) >= 11 is 1.40. The van der Waals surface area contributed by atoms with E-state index in [0.717, 1.165) is 35.7 Å². The molecular weight excluding hydrogens is 386 g/mol. The van der Waals surface area contributed by atoms with Crippen molar-refractivity contribution in [3.63, 3.8) is 0 Å². The number of furan rings is 1. The molecule has 0 bridgehead atoms. The number of nitrogens with one attached hydrogen (secondary N) is 1. The van der Waals surface area contributed by atoms with Crippen LogP contribution in [0.15, 0.2) is 53.1 Å². The first-order chi connectivity index (χ1) is 14.1. The molecule has 1 N–H and O–H groups in total. The zero-order valence-corrected chi connectivity index (χ0v) is 17.1. The first-order valence-electron chi connectivity index (χ1n) is 9.49. The number of amides is 1. The lowest BCUT2D eigenvalue weighted by atomic mass is 10.2. The van der Waals surface area contributed by atoms with E-state index in [2.05, 4.69) is 27.5 Å². The standard InChI is InChI=1S/C21H21N5O2S/c1-3-4-10-18-23-24-21(29-18)22-20(27)16-13-26(15-8-6-5-7-9-15)25-19(16)17-12-11-14(2)28-17/h5-9,11-13H,3-4,10H2,1-2H3,(H,22,24,27). The highest BCUT2D eigenvalue weighted by Crippen LogP contribution is 2.27. The first kappa shape index (κ1) is 19.1. The summed E-state index contributed by atoms with van der Waals surface area (Å²) in [4.78, 5) is 13.0. The Morgan fingerprint density at radius 1 is 1.17 bits per heavy atom. The largest absolute Gasteiger partial charge is 0.460 e. The molecule has 0 unspecified atom stereocenters. The smallest absolute Gasteiger partial charge is 0.261 e. The molecule has 4 rings (SSSR count). The predicted octanol–water partition coefficient (Wildman–Crippen LogP) is 4.89. The summed E-state index contributed by atoms with van der Waals surface area (Å²) in [6.45, 7) is 3.99. The first-order valence-corrected chi connectivity index (χ1v) is 10.3. The Kier molecular flexibility index (Phi) is 5.53. The molecule has 29 heavy (non-hydrogen) atoms. The van der Waals surface area contributed by atoms with E-state index in [1.165, 1.54) is 11.3 Å². The molecule has 3 heterocycles. The molecule has 0 saturated carbocycles. The van der Waals surface area contributed by atoms with Gasteiger partial charge in [0.2, 0.25) is 5.13 Å². The summed E-state index contributed by atoms with van der Waals surface area (Å²) in [5, 5.41) is 17.1. The van der Waals surface area contributed by atoms with E-state index in [4.69, 9.17) is 4.42 Å². The van der Waals surface area contributed by atoms with Gasteiger partial charge in [-0.15, -0.1) is 10.2 Å². The molecule has 0 spiro atoms. The molecule has 0 radical (unpaired) electrons. The maximum absolute atomic E-state index is 13.0. The van der Waals surface area contributed by atoms with E-state index in [0.29, 0.717) is 22.1 Å². The molecule has 0 atom stereocenters. The number of rotatable bonds is 7. The van der Waals surface area contributed by atoms with Crippen molar-refractivity contribution in [1.29, 1.82) is 0 Å². The molecule has 148 valence electrons. The molecule has 1 aromatic carbocycles. The van der Waals surface area contributed by atoms with Gasteiger partial charge in [0, 0.05) is 12.6 Å². The topological polar surface area (TPSA) is 85.8 Å². The van der Waals surface area contributed by atoms with E-state index in [-0.39, 0.29) is 5.91 Å². The van der Waals surface area contributed by atoms with Gasteiger partial charge >= 0.3 is 0 Å². The third-order valence-electron chi connectivity index (χ3n) is 4.38. The number of hydrogen-bond acceptors (Lipinski definition) is 6. The molecule has 7 nitrogen and oxygen atoms in total. The summed E-state index contributed by atoms with van der Waals surface area (Å²) in [6.07, 6.45) is 4.71. The van der Waals surface area contributed by atoms with Crippen LogP contribution in [0.5, 0.6) is 0 Å². The Bertz CT molecular complexity index is 1110. The van der Waals surface area contributed by atoms with Crippen molar-refractivity contribution in [2.45, 2.75) is 33.1 Å². The zero-order chi connectivity index (χ0) is 20.2. The monoisotopic (exact) mass is 407 g/mol. The summed E-state index contributed by atoms with van der Waals surface area (Å²) in [5.74, 6) is 1.00. The van der Waals surface area contributed by atoms with Gasteiger partial charge in [-0.05, 0) is 37.6 Å². The Balaban J connectivity index is 1.65. The van der Waals surface area contributed by atoms with Crippen LogP contribution in [-0.2, 0) is 6.42 Å². The number of nitrogens with zero attached hydrogens (tertiary/aromatic N) is 4. The number of carbonyl (C=O) groups is 1. The number of hydrogen-bond donors (Lipinski definition) is 1. The number of para-hydroxylation sites is 1. The van der Waals surface area contributed by atoms with Gasteiger partial charge in [-0.2, -0.15) is 5.10 Å². The second kappa shape index (κ2) is 8.40. The number of anilines is 1. The second-order valence-corrected chi connectivity index (χ2v) is 7.70. The third kappa shape index (κ3) is 4.27. The Morgan fingerprint density at radius 3 is 2.72 bits per heavy atom. The molecule has 8 heteroatoms. The van der Waals surface area contributed by atoms with E-state index in [1.54, 1.807) is 10.9 Å². The van der Waals surface area contributed by atoms with Crippen LogP contribution in [0.4, 0.5) is 5.13 Å². The summed E-state index contributed by atoms with van der Waals surface area (Å²) in [6, 6.07) is 13.3. The van der Waals surface area contributed by atoms with Crippen molar-refractivity contribution in [3.05, 3.63) is 65.0 Å². The average molecular weight is 407 g/mol. The fourth-order valence-electron chi connectivity index (χ4n) is 2.89. The van der Waals surface area contributed by atoms with Gasteiger partial charge in [0.05, 0.1) is 11.3 Å². The lowest BCUT2D eigenvalue weighted by Crippen LogP contribution is -2.12. The van der Waals surface area contributed by atoms with Gasteiger partial charge in [0.25, 0.3) is 5.91 Å². The molecule has 0 aliphatic carbocycles. The zero-order valence-electron chi connectivity index (χ0n) is 16.3. The fraction of sp³-hybridized carbons (Fsp3) is 0.238. The SMILES string of the molecule is CCCCc1nnc(NC(=O)c2cn(-c3ccccc3)nc2-c2ccc(C)o2)s1. The highest BCUT2D eigenvalue weighted by molar-refractivity contribution is 7.15. The van der Waals surface area contributed by atoms with Gasteiger partial charge < -0.3 is 4.42 Å². The molecule has 1 amide bonds. The number of benzene rings is 1. The van der Waals surface area contributed by atoms with Gasteiger partial charge in [0.1, 0.15) is 16.5 Å². The van der Waals surface area contributed by atoms with Gasteiger partial charge in [-0.25, -0.2) is 4.68 Å². The minimum atomic E-state index is -0.297. The molecule has 0 aliphatic rings. The minimum absolute atomic E-state index is 0.297. The quantitative estimate of drug-likeness (QED) is 0.471. The predicted molar refractivity (Wildman–Crippen MR) is 112 cm³/mol. The maximum atomic E-state index is 13.0.